The monoisotopic (exact) mass is 433 g/mol. The van der Waals surface area contributed by atoms with Crippen LogP contribution in [0, 0.1) is 5.41 Å². The van der Waals surface area contributed by atoms with Crippen LogP contribution in [0.25, 0.3) is 0 Å². The summed E-state index contributed by atoms with van der Waals surface area (Å²) in [5.41, 5.74) is 3.21. The van der Waals surface area contributed by atoms with E-state index < -0.39 is 5.54 Å². The number of likely N-dealkylation sites (tertiary alicyclic amines) is 1. The van der Waals surface area contributed by atoms with E-state index in [0.29, 0.717) is 45.3 Å². The van der Waals surface area contributed by atoms with E-state index in [1.54, 1.807) is 0 Å². The van der Waals surface area contributed by atoms with E-state index in [1.165, 1.54) is 24.1 Å². The normalized spacial score (nSPS) is 21.9. The smallest absolute Gasteiger partial charge is 0.290 e. The molecule has 2 fully saturated rings. The number of piperidine rings is 1. The molecule has 2 amide bonds. The Labute approximate surface area is 183 Å². The van der Waals surface area contributed by atoms with Crippen molar-refractivity contribution in [1.29, 1.82) is 0 Å². The molecule has 0 aromatic carbocycles. The van der Waals surface area contributed by atoms with Gasteiger partial charge in [0.1, 0.15) is 5.54 Å². The summed E-state index contributed by atoms with van der Waals surface area (Å²) < 4.78 is 0. The third-order valence-electron chi connectivity index (χ3n) is 6.75. The third kappa shape index (κ3) is 5.44. The Morgan fingerprint density at radius 1 is 1.19 bits per heavy atom. The van der Waals surface area contributed by atoms with Crippen LogP contribution in [0.4, 0.5) is 0 Å². The zero-order chi connectivity index (χ0) is 22.5. The van der Waals surface area contributed by atoms with Crippen LogP contribution < -0.4 is 10.6 Å². The lowest BCUT2D eigenvalue weighted by molar-refractivity contribution is -0.137. The van der Waals surface area contributed by atoms with Crippen molar-refractivity contribution in [3.8, 4) is 0 Å². The SMILES string of the molecule is CC1(C)CNC(=O)C2(CCN(C(=O)CCc3n[nH]c4c3CCCC4)CC2)NC1.O=CO. The first kappa shape index (κ1) is 23.2. The molecule has 9 nitrogen and oxygen atoms in total. The van der Waals surface area contributed by atoms with Gasteiger partial charge < -0.3 is 20.6 Å². The molecule has 0 bridgehead atoms. The van der Waals surface area contributed by atoms with Crippen LogP contribution in [0.15, 0.2) is 0 Å². The standard InChI is InChI=1S/C21H33N5O2.CH2O2/c1-20(2)13-22-19(28)21(23-14-20)9-11-26(12-10-21)18(27)8-7-17-15-5-3-4-6-16(15)24-25-17;2-1-3/h23H,3-14H2,1-2H3,(H,22,28)(H,24,25);1H,(H,2,3). The van der Waals surface area contributed by atoms with Crippen LogP contribution in [0.2, 0.25) is 0 Å². The third-order valence-corrected chi connectivity index (χ3v) is 6.75. The Morgan fingerprint density at radius 3 is 2.58 bits per heavy atom. The average Bonchev–Trinajstić information content (AvgIpc) is 3.14. The Kier molecular flexibility index (Phi) is 7.35. The highest BCUT2D eigenvalue weighted by Gasteiger charge is 2.44. The van der Waals surface area contributed by atoms with E-state index in [9.17, 15) is 9.59 Å². The molecular formula is C22H35N5O4. The molecule has 31 heavy (non-hydrogen) atoms. The number of amides is 2. The van der Waals surface area contributed by atoms with E-state index >= 15 is 0 Å². The first-order valence-corrected chi connectivity index (χ1v) is 11.2. The molecule has 1 aromatic heterocycles. The van der Waals surface area contributed by atoms with Crippen molar-refractivity contribution >= 4 is 18.3 Å². The van der Waals surface area contributed by atoms with Crippen molar-refractivity contribution in [2.75, 3.05) is 26.2 Å². The predicted octanol–water partition coefficient (Wildman–Crippen LogP) is 1.03. The zero-order valence-corrected chi connectivity index (χ0v) is 18.6. The van der Waals surface area contributed by atoms with Crippen molar-refractivity contribution in [2.45, 2.75) is 70.8 Å². The highest BCUT2D eigenvalue weighted by Crippen LogP contribution is 2.28. The largest absolute Gasteiger partial charge is 0.483 e. The zero-order valence-electron chi connectivity index (χ0n) is 18.6. The second kappa shape index (κ2) is 9.80. The first-order valence-electron chi connectivity index (χ1n) is 11.2. The molecule has 1 aliphatic carbocycles. The molecule has 0 unspecified atom stereocenters. The van der Waals surface area contributed by atoms with Crippen molar-refractivity contribution in [1.82, 2.24) is 25.7 Å². The molecule has 1 aromatic rings. The maximum atomic E-state index is 12.8. The number of H-pyrrole nitrogens is 1. The molecule has 0 radical (unpaired) electrons. The van der Waals surface area contributed by atoms with Gasteiger partial charge in [0, 0.05) is 44.7 Å². The Balaban J connectivity index is 0.000000858. The van der Waals surface area contributed by atoms with E-state index in [0.717, 1.165) is 25.1 Å². The van der Waals surface area contributed by atoms with Gasteiger partial charge >= 0.3 is 0 Å². The summed E-state index contributed by atoms with van der Waals surface area (Å²) in [4.78, 5) is 35.7. The number of carbonyl (C=O) groups excluding carboxylic acids is 2. The minimum atomic E-state index is -0.522. The summed E-state index contributed by atoms with van der Waals surface area (Å²) in [7, 11) is 0. The van der Waals surface area contributed by atoms with Crippen LogP contribution in [-0.4, -0.2) is 70.2 Å². The van der Waals surface area contributed by atoms with Crippen molar-refractivity contribution in [3.63, 3.8) is 0 Å². The summed E-state index contributed by atoms with van der Waals surface area (Å²) in [6, 6.07) is 0. The topological polar surface area (TPSA) is 127 Å². The quantitative estimate of drug-likeness (QED) is 0.527. The maximum absolute atomic E-state index is 12.8. The van der Waals surface area contributed by atoms with Crippen LogP contribution in [-0.2, 0) is 33.6 Å². The minimum Gasteiger partial charge on any atom is -0.483 e. The van der Waals surface area contributed by atoms with Crippen LogP contribution in [0.3, 0.4) is 0 Å². The number of hydrogen-bond acceptors (Lipinski definition) is 5. The molecule has 172 valence electrons. The van der Waals surface area contributed by atoms with Crippen LogP contribution in [0.1, 0.15) is 62.9 Å². The first-order chi connectivity index (χ1) is 14.8. The lowest BCUT2D eigenvalue weighted by Gasteiger charge is -2.40. The number of aromatic amines is 1. The Hall–Kier alpha value is -2.42. The number of nitrogens with zero attached hydrogens (tertiary/aromatic N) is 2. The van der Waals surface area contributed by atoms with E-state index in [1.807, 2.05) is 4.90 Å². The van der Waals surface area contributed by atoms with Crippen molar-refractivity contribution in [3.05, 3.63) is 17.0 Å². The van der Waals surface area contributed by atoms with Gasteiger partial charge in [-0.25, -0.2) is 0 Å². The van der Waals surface area contributed by atoms with Gasteiger partial charge in [0.05, 0.1) is 5.69 Å². The van der Waals surface area contributed by atoms with Gasteiger partial charge in [0.2, 0.25) is 11.8 Å². The number of carbonyl (C=O) groups is 3. The highest BCUT2D eigenvalue weighted by molar-refractivity contribution is 5.87. The molecule has 4 rings (SSSR count). The fourth-order valence-corrected chi connectivity index (χ4v) is 4.72. The Morgan fingerprint density at radius 2 is 1.87 bits per heavy atom. The van der Waals surface area contributed by atoms with Crippen molar-refractivity contribution < 1.29 is 19.5 Å². The minimum absolute atomic E-state index is 0.0504. The summed E-state index contributed by atoms with van der Waals surface area (Å²) in [6.45, 7) is 6.84. The van der Waals surface area contributed by atoms with Gasteiger partial charge in [-0.15, -0.1) is 0 Å². The molecule has 0 atom stereocenters. The van der Waals surface area contributed by atoms with E-state index in [-0.39, 0.29) is 23.7 Å². The van der Waals surface area contributed by atoms with Gasteiger partial charge in [0.15, 0.2) is 0 Å². The molecular weight excluding hydrogens is 398 g/mol. The average molecular weight is 434 g/mol. The van der Waals surface area contributed by atoms with Crippen LogP contribution in [0.5, 0.6) is 0 Å². The predicted molar refractivity (Wildman–Crippen MR) is 116 cm³/mol. The molecule has 9 heteroatoms. The number of fused-ring (bicyclic) bond motifs is 1. The second-order valence-electron chi connectivity index (χ2n) is 9.60. The number of aromatic nitrogens is 2. The van der Waals surface area contributed by atoms with Gasteiger partial charge in [-0.1, -0.05) is 13.8 Å². The number of aryl methyl sites for hydroxylation is 2. The lowest BCUT2D eigenvalue weighted by Crippen LogP contribution is -2.61. The Bertz CT molecular complexity index is 796. The van der Waals surface area contributed by atoms with E-state index in [4.69, 9.17) is 9.90 Å². The maximum Gasteiger partial charge on any atom is 0.290 e. The summed E-state index contributed by atoms with van der Waals surface area (Å²) in [5, 5.41) is 21.1. The summed E-state index contributed by atoms with van der Waals surface area (Å²) in [6.07, 6.45) is 7.16. The van der Waals surface area contributed by atoms with Gasteiger partial charge in [-0.2, -0.15) is 5.10 Å². The molecule has 1 spiro atoms. The molecule has 0 saturated carbocycles. The highest BCUT2D eigenvalue weighted by atomic mass is 16.3. The molecule has 3 aliphatic rings. The second-order valence-corrected chi connectivity index (χ2v) is 9.60. The van der Waals surface area contributed by atoms with Crippen molar-refractivity contribution in [2.24, 2.45) is 5.41 Å². The van der Waals surface area contributed by atoms with Gasteiger partial charge in [0.25, 0.3) is 6.47 Å². The molecule has 4 N–H and O–H groups in total. The fraction of sp³-hybridized carbons (Fsp3) is 0.727. The number of hydrogen-bond donors (Lipinski definition) is 4. The molecule has 2 saturated heterocycles. The van der Waals surface area contributed by atoms with Crippen LogP contribution >= 0.6 is 0 Å². The number of rotatable bonds is 3. The molecule has 3 heterocycles. The number of nitrogens with one attached hydrogen (secondary N) is 3. The summed E-state index contributed by atoms with van der Waals surface area (Å²) >= 11 is 0. The number of carboxylic acid groups (broad SMARTS) is 1. The van der Waals surface area contributed by atoms with E-state index in [2.05, 4.69) is 34.7 Å². The molecule has 2 aliphatic heterocycles. The summed E-state index contributed by atoms with van der Waals surface area (Å²) in [5.74, 6) is 0.269. The van der Waals surface area contributed by atoms with Gasteiger partial charge in [-0.05, 0) is 49.5 Å². The van der Waals surface area contributed by atoms with Gasteiger partial charge in [-0.3, -0.25) is 19.5 Å². The lowest BCUT2D eigenvalue weighted by atomic mass is 9.86. The fourth-order valence-electron chi connectivity index (χ4n) is 4.72.